The highest BCUT2D eigenvalue weighted by atomic mass is 35.5. The minimum Gasteiger partial charge on any atom is -0.306 e. The van der Waals surface area contributed by atoms with Crippen LogP contribution in [0.25, 0.3) is 11.0 Å². The molecule has 3 amide bonds. The zero-order valence-corrected chi connectivity index (χ0v) is 14.8. The second-order valence-electron chi connectivity index (χ2n) is 5.34. The van der Waals surface area contributed by atoms with Gasteiger partial charge in [0.15, 0.2) is 5.65 Å². The van der Waals surface area contributed by atoms with Gasteiger partial charge >= 0.3 is 6.03 Å². The van der Waals surface area contributed by atoms with Crippen LogP contribution in [0.3, 0.4) is 0 Å². The van der Waals surface area contributed by atoms with Gasteiger partial charge in [0.25, 0.3) is 5.91 Å². The molecule has 2 heterocycles. The molecule has 0 bridgehead atoms. The van der Waals surface area contributed by atoms with Crippen molar-refractivity contribution in [1.82, 2.24) is 20.1 Å². The molecule has 0 aliphatic carbocycles. The van der Waals surface area contributed by atoms with Crippen molar-refractivity contribution in [3.8, 4) is 0 Å². The molecule has 2 aromatic heterocycles. The first kappa shape index (κ1) is 17.2. The molecule has 0 saturated carbocycles. The summed E-state index contributed by atoms with van der Waals surface area (Å²) in [6.07, 6.45) is 1.39. The maximum Gasteiger partial charge on any atom is 0.326 e. The van der Waals surface area contributed by atoms with Crippen molar-refractivity contribution in [2.24, 2.45) is 7.05 Å². The number of halogens is 2. The Morgan fingerprint density at radius 2 is 1.96 bits per heavy atom. The van der Waals surface area contributed by atoms with Crippen molar-refractivity contribution in [3.05, 3.63) is 51.8 Å². The van der Waals surface area contributed by atoms with Gasteiger partial charge in [-0.15, -0.1) is 0 Å². The number of nitrogens with zero attached hydrogens (tertiary/aromatic N) is 3. The zero-order chi connectivity index (χ0) is 18.1. The lowest BCUT2D eigenvalue weighted by Crippen LogP contribution is -2.34. The third-order valence-electron chi connectivity index (χ3n) is 3.53. The standard InChI is InChI=1S/C16H13Cl2N5O2/c1-8-11-5-9(7-19-14(11)23(2)22-8)15(24)21-16(25)20-13-6-10(17)3-4-12(13)18/h3-7H,1-2H3,(H2,20,21,24,25). The number of nitrogens with one attached hydrogen (secondary N) is 2. The van der Waals surface area contributed by atoms with E-state index in [1.54, 1.807) is 29.9 Å². The van der Waals surface area contributed by atoms with E-state index in [2.05, 4.69) is 20.7 Å². The van der Waals surface area contributed by atoms with Crippen LogP contribution in [0.1, 0.15) is 16.1 Å². The molecule has 3 rings (SSSR count). The third kappa shape index (κ3) is 3.57. The second-order valence-corrected chi connectivity index (χ2v) is 6.18. The number of hydrogen-bond acceptors (Lipinski definition) is 4. The quantitative estimate of drug-likeness (QED) is 0.714. The number of aryl methyl sites for hydroxylation is 2. The average molecular weight is 378 g/mol. The summed E-state index contributed by atoms with van der Waals surface area (Å²) in [5, 5.41) is 10.4. The van der Waals surface area contributed by atoms with E-state index in [1.165, 1.54) is 12.3 Å². The number of amides is 3. The number of aromatic nitrogens is 3. The van der Waals surface area contributed by atoms with Gasteiger partial charge in [-0.3, -0.25) is 14.8 Å². The molecule has 0 radical (unpaired) electrons. The summed E-state index contributed by atoms with van der Waals surface area (Å²) in [4.78, 5) is 28.5. The maximum atomic E-state index is 12.3. The minimum absolute atomic E-state index is 0.246. The number of imide groups is 1. The number of carbonyl (C=O) groups excluding carboxylic acids is 2. The lowest BCUT2D eigenvalue weighted by atomic mass is 10.2. The molecule has 0 spiro atoms. The SMILES string of the molecule is Cc1nn(C)c2ncc(C(=O)NC(=O)Nc3cc(Cl)ccc3Cl)cc12. The number of fused-ring (bicyclic) bond motifs is 1. The Morgan fingerprint density at radius 1 is 1.20 bits per heavy atom. The van der Waals surface area contributed by atoms with Gasteiger partial charge < -0.3 is 5.32 Å². The number of anilines is 1. The molecule has 3 aromatic rings. The van der Waals surface area contributed by atoms with E-state index in [0.717, 1.165) is 11.1 Å². The maximum absolute atomic E-state index is 12.3. The van der Waals surface area contributed by atoms with Crippen LogP contribution in [0.2, 0.25) is 10.0 Å². The molecule has 9 heteroatoms. The Labute approximate surface area is 152 Å². The van der Waals surface area contributed by atoms with Crippen molar-refractivity contribution >= 4 is 51.9 Å². The molecule has 0 aliphatic rings. The van der Waals surface area contributed by atoms with Gasteiger partial charge in [0.05, 0.1) is 22.0 Å². The van der Waals surface area contributed by atoms with E-state index in [9.17, 15) is 9.59 Å². The third-order valence-corrected chi connectivity index (χ3v) is 4.09. The Morgan fingerprint density at radius 3 is 2.72 bits per heavy atom. The number of carbonyl (C=O) groups is 2. The Balaban J connectivity index is 1.76. The van der Waals surface area contributed by atoms with Crippen molar-refractivity contribution in [2.75, 3.05) is 5.32 Å². The van der Waals surface area contributed by atoms with Gasteiger partial charge in [-0.25, -0.2) is 9.78 Å². The van der Waals surface area contributed by atoms with Crippen molar-refractivity contribution in [1.29, 1.82) is 0 Å². The van der Waals surface area contributed by atoms with Crippen molar-refractivity contribution in [2.45, 2.75) is 6.92 Å². The van der Waals surface area contributed by atoms with E-state index < -0.39 is 11.9 Å². The fourth-order valence-electron chi connectivity index (χ4n) is 2.35. The van der Waals surface area contributed by atoms with Crippen molar-refractivity contribution < 1.29 is 9.59 Å². The van der Waals surface area contributed by atoms with Crippen LogP contribution >= 0.6 is 23.2 Å². The number of pyridine rings is 1. The van der Waals surface area contributed by atoms with Gasteiger partial charge in [-0.2, -0.15) is 5.10 Å². The van der Waals surface area contributed by atoms with Gasteiger partial charge in [-0.05, 0) is 31.2 Å². The second kappa shape index (κ2) is 6.70. The summed E-state index contributed by atoms with van der Waals surface area (Å²) >= 11 is 11.8. The summed E-state index contributed by atoms with van der Waals surface area (Å²) in [6, 6.07) is 5.54. The molecule has 0 fully saturated rings. The number of urea groups is 1. The first-order chi connectivity index (χ1) is 11.8. The van der Waals surface area contributed by atoms with Crippen LogP contribution in [0.5, 0.6) is 0 Å². The summed E-state index contributed by atoms with van der Waals surface area (Å²) in [5.41, 5.74) is 1.95. The summed E-state index contributed by atoms with van der Waals surface area (Å²) < 4.78 is 1.63. The zero-order valence-electron chi connectivity index (χ0n) is 13.3. The monoisotopic (exact) mass is 377 g/mol. The van der Waals surface area contributed by atoms with E-state index in [-0.39, 0.29) is 5.56 Å². The summed E-state index contributed by atoms with van der Waals surface area (Å²) in [5.74, 6) is -0.590. The smallest absolute Gasteiger partial charge is 0.306 e. The van der Waals surface area contributed by atoms with Crippen LogP contribution in [-0.2, 0) is 7.05 Å². The molecule has 0 saturated heterocycles. The highest BCUT2D eigenvalue weighted by molar-refractivity contribution is 6.35. The van der Waals surface area contributed by atoms with E-state index in [1.807, 2.05) is 6.92 Å². The Bertz CT molecular complexity index is 1000. The van der Waals surface area contributed by atoms with Crippen LogP contribution < -0.4 is 10.6 Å². The first-order valence-electron chi connectivity index (χ1n) is 7.22. The summed E-state index contributed by atoms with van der Waals surface area (Å²) in [7, 11) is 1.77. The lowest BCUT2D eigenvalue weighted by Gasteiger charge is -2.08. The van der Waals surface area contributed by atoms with Gasteiger partial charge in [0.1, 0.15) is 0 Å². The van der Waals surface area contributed by atoms with Gasteiger partial charge in [0, 0.05) is 23.7 Å². The molecule has 7 nitrogen and oxygen atoms in total. The molecule has 1 aromatic carbocycles. The molecule has 0 atom stereocenters. The van der Waals surface area contributed by atoms with E-state index >= 15 is 0 Å². The molecule has 0 aliphatic heterocycles. The normalized spacial score (nSPS) is 10.7. The van der Waals surface area contributed by atoms with Crippen LogP contribution in [0.15, 0.2) is 30.5 Å². The number of rotatable bonds is 2. The van der Waals surface area contributed by atoms with Crippen LogP contribution in [0, 0.1) is 6.92 Å². The van der Waals surface area contributed by atoms with E-state index in [4.69, 9.17) is 23.2 Å². The number of hydrogen-bond donors (Lipinski definition) is 2. The Hall–Kier alpha value is -2.64. The largest absolute Gasteiger partial charge is 0.326 e. The predicted octanol–water partition coefficient (Wildman–Crippen LogP) is 3.55. The van der Waals surface area contributed by atoms with Gasteiger partial charge in [-0.1, -0.05) is 23.2 Å². The molecule has 128 valence electrons. The topological polar surface area (TPSA) is 88.9 Å². The molecular formula is C16H13Cl2N5O2. The predicted molar refractivity (Wildman–Crippen MR) is 96.2 cm³/mol. The minimum atomic E-state index is -0.725. The average Bonchev–Trinajstić information content (AvgIpc) is 2.85. The fraction of sp³-hybridized carbons (Fsp3) is 0.125. The van der Waals surface area contributed by atoms with Crippen LogP contribution in [0.4, 0.5) is 10.5 Å². The Kier molecular flexibility index (Phi) is 4.61. The van der Waals surface area contributed by atoms with Crippen LogP contribution in [-0.4, -0.2) is 26.7 Å². The molecular weight excluding hydrogens is 365 g/mol. The highest BCUT2D eigenvalue weighted by Gasteiger charge is 2.15. The molecule has 0 unspecified atom stereocenters. The lowest BCUT2D eigenvalue weighted by molar-refractivity contribution is 0.0967. The molecule has 25 heavy (non-hydrogen) atoms. The molecule has 2 N–H and O–H groups in total. The highest BCUT2D eigenvalue weighted by Crippen LogP contribution is 2.25. The fourth-order valence-corrected chi connectivity index (χ4v) is 2.69. The van der Waals surface area contributed by atoms with Crippen molar-refractivity contribution in [3.63, 3.8) is 0 Å². The van der Waals surface area contributed by atoms with Gasteiger partial charge in [0.2, 0.25) is 0 Å². The first-order valence-corrected chi connectivity index (χ1v) is 7.97. The van der Waals surface area contributed by atoms with E-state index in [0.29, 0.717) is 21.4 Å². The number of benzene rings is 1. The summed E-state index contributed by atoms with van der Waals surface area (Å²) in [6.45, 7) is 1.82.